The Morgan fingerprint density at radius 3 is 2.71 bits per heavy atom. The zero-order valence-electron chi connectivity index (χ0n) is 12.9. The molecule has 8 heteroatoms. The number of benzene rings is 1. The maximum absolute atomic E-state index is 12.1. The van der Waals surface area contributed by atoms with E-state index in [1.807, 2.05) is 6.92 Å². The molecule has 0 unspecified atom stereocenters. The molecule has 122 valence electrons. The third kappa shape index (κ3) is 3.92. The lowest BCUT2D eigenvalue weighted by atomic mass is 10.3. The topological polar surface area (TPSA) is 103 Å². The summed E-state index contributed by atoms with van der Waals surface area (Å²) in [4.78, 5) is 24.4. The summed E-state index contributed by atoms with van der Waals surface area (Å²) in [5.74, 6) is 0.305. The zero-order valence-corrected chi connectivity index (χ0v) is 13.7. The van der Waals surface area contributed by atoms with Crippen molar-refractivity contribution >= 4 is 22.9 Å². The third-order valence-electron chi connectivity index (χ3n) is 3.05. The van der Waals surface area contributed by atoms with Crippen LogP contribution in [-0.4, -0.2) is 20.9 Å². The molecule has 0 aliphatic carbocycles. The highest BCUT2D eigenvalue weighted by Gasteiger charge is 2.10. The van der Waals surface area contributed by atoms with Gasteiger partial charge in [-0.1, -0.05) is 0 Å². The normalized spacial score (nSPS) is 10.4. The summed E-state index contributed by atoms with van der Waals surface area (Å²) < 4.78 is 5.56. The van der Waals surface area contributed by atoms with Crippen molar-refractivity contribution in [3.8, 4) is 11.8 Å². The molecule has 0 radical (unpaired) electrons. The van der Waals surface area contributed by atoms with Gasteiger partial charge in [0.2, 0.25) is 0 Å². The van der Waals surface area contributed by atoms with Crippen molar-refractivity contribution in [2.24, 2.45) is 5.73 Å². The van der Waals surface area contributed by atoms with Crippen molar-refractivity contribution in [1.29, 1.82) is 0 Å². The lowest BCUT2D eigenvalue weighted by molar-refractivity contribution is 0.102. The summed E-state index contributed by atoms with van der Waals surface area (Å²) in [5.41, 5.74) is 7.31. The number of aromatic nitrogens is 3. The Balaban J connectivity index is 1.65. The van der Waals surface area contributed by atoms with Crippen LogP contribution in [0.1, 0.15) is 21.2 Å². The second kappa shape index (κ2) is 7.16. The molecule has 3 aromatic rings. The average molecular weight is 341 g/mol. The zero-order chi connectivity index (χ0) is 16.9. The number of nitrogens with zero attached hydrogens (tertiary/aromatic N) is 3. The van der Waals surface area contributed by atoms with E-state index in [1.165, 1.54) is 11.3 Å². The van der Waals surface area contributed by atoms with Gasteiger partial charge in [-0.2, -0.15) is 0 Å². The second-order valence-corrected chi connectivity index (χ2v) is 5.83. The van der Waals surface area contributed by atoms with Crippen LogP contribution in [0.5, 0.6) is 11.8 Å². The van der Waals surface area contributed by atoms with Crippen molar-refractivity contribution in [2.45, 2.75) is 13.5 Å². The molecule has 2 aromatic heterocycles. The Bertz CT molecular complexity index is 848. The largest absolute Gasteiger partial charge is 0.424 e. The molecule has 0 aliphatic rings. The van der Waals surface area contributed by atoms with E-state index in [0.717, 1.165) is 10.7 Å². The average Bonchev–Trinajstić information content (AvgIpc) is 3.06. The van der Waals surface area contributed by atoms with Gasteiger partial charge in [-0.25, -0.2) is 15.0 Å². The van der Waals surface area contributed by atoms with Gasteiger partial charge in [-0.15, -0.1) is 11.3 Å². The molecule has 2 heterocycles. The van der Waals surface area contributed by atoms with Gasteiger partial charge in [0.1, 0.15) is 16.5 Å². The SMILES string of the molecule is Cc1ccnc(Oc2ccc(NC(=O)c3csc(CN)n3)cc2)n1. The van der Waals surface area contributed by atoms with Gasteiger partial charge in [0.05, 0.1) is 0 Å². The Kier molecular flexibility index (Phi) is 4.78. The fraction of sp³-hybridized carbons (Fsp3) is 0.125. The predicted octanol–water partition coefficient (Wildman–Crippen LogP) is 2.74. The van der Waals surface area contributed by atoms with Gasteiger partial charge >= 0.3 is 6.01 Å². The number of ether oxygens (including phenoxy) is 1. The first-order valence-corrected chi connectivity index (χ1v) is 8.05. The van der Waals surface area contributed by atoms with Crippen LogP contribution in [0.3, 0.4) is 0 Å². The van der Waals surface area contributed by atoms with E-state index in [0.29, 0.717) is 23.7 Å². The van der Waals surface area contributed by atoms with Crippen molar-refractivity contribution in [2.75, 3.05) is 5.32 Å². The molecule has 3 rings (SSSR count). The maximum Gasteiger partial charge on any atom is 0.322 e. The van der Waals surface area contributed by atoms with Crippen LogP contribution in [0.2, 0.25) is 0 Å². The van der Waals surface area contributed by atoms with E-state index in [-0.39, 0.29) is 11.9 Å². The number of anilines is 1. The monoisotopic (exact) mass is 341 g/mol. The first-order chi connectivity index (χ1) is 11.6. The van der Waals surface area contributed by atoms with Crippen LogP contribution in [0.25, 0.3) is 0 Å². The molecule has 0 spiro atoms. The van der Waals surface area contributed by atoms with Gasteiger partial charge in [0.25, 0.3) is 5.91 Å². The molecular formula is C16H15N5O2S. The summed E-state index contributed by atoms with van der Waals surface area (Å²) in [6, 6.07) is 9.00. The standard InChI is InChI=1S/C16H15N5O2S/c1-10-6-7-18-16(19-10)23-12-4-2-11(3-5-12)20-15(22)13-9-24-14(8-17)21-13/h2-7,9H,8,17H2,1H3,(H,20,22). The van der Waals surface area contributed by atoms with Crippen molar-refractivity contribution < 1.29 is 9.53 Å². The lowest BCUT2D eigenvalue weighted by Gasteiger charge is -2.06. The van der Waals surface area contributed by atoms with Gasteiger partial charge in [-0.3, -0.25) is 4.79 Å². The molecule has 1 aromatic carbocycles. The Morgan fingerprint density at radius 2 is 2.04 bits per heavy atom. The number of aryl methyl sites for hydroxylation is 1. The molecule has 0 saturated heterocycles. The lowest BCUT2D eigenvalue weighted by Crippen LogP contribution is -2.12. The van der Waals surface area contributed by atoms with E-state index >= 15 is 0 Å². The summed E-state index contributed by atoms with van der Waals surface area (Å²) in [7, 11) is 0. The van der Waals surface area contributed by atoms with Crippen LogP contribution in [0.15, 0.2) is 41.9 Å². The number of nitrogens with two attached hydrogens (primary N) is 1. The fourth-order valence-electron chi connectivity index (χ4n) is 1.89. The van der Waals surface area contributed by atoms with Gasteiger partial charge in [0.15, 0.2) is 0 Å². The van der Waals surface area contributed by atoms with Crippen LogP contribution in [-0.2, 0) is 6.54 Å². The number of thiazole rings is 1. The summed E-state index contributed by atoms with van der Waals surface area (Å²) in [5, 5.41) is 5.18. The molecule has 7 nitrogen and oxygen atoms in total. The van der Waals surface area contributed by atoms with Crippen molar-refractivity contribution in [3.63, 3.8) is 0 Å². The molecular weight excluding hydrogens is 326 g/mol. The number of carbonyl (C=O) groups is 1. The third-order valence-corrected chi connectivity index (χ3v) is 3.92. The molecule has 0 saturated carbocycles. The van der Waals surface area contributed by atoms with Crippen molar-refractivity contribution in [3.05, 3.63) is 58.3 Å². The van der Waals surface area contributed by atoms with Crippen LogP contribution >= 0.6 is 11.3 Å². The van der Waals surface area contributed by atoms with Gasteiger partial charge in [0, 0.05) is 29.5 Å². The second-order valence-electron chi connectivity index (χ2n) is 4.89. The summed E-state index contributed by atoms with van der Waals surface area (Å²) >= 11 is 1.36. The minimum absolute atomic E-state index is 0.276. The minimum atomic E-state index is -0.276. The van der Waals surface area contributed by atoms with Crippen LogP contribution in [0.4, 0.5) is 5.69 Å². The first-order valence-electron chi connectivity index (χ1n) is 7.17. The molecule has 0 bridgehead atoms. The van der Waals surface area contributed by atoms with Crippen molar-refractivity contribution in [1.82, 2.24) is 15.0 Å². The van der Waals surface area contributed by atoms with Crippen LogP contribution < -0.4 is 15.8 Å². The number of hydrogen-bond donors (Lipinski definition) is 2. The highest BCUT2D eigenvalue weighted by Crippen LogP contribution is 2.21. The molecule has 1 amide bonds. The maximum atomic E-state index is 12.1. The van der Waals surface area contributed by atoms with Crippen LogP contribution in [0, 0.1) is 6.92 Å². The molecule has 24 heavy (non-hydrogen) atoms. The first kappa shape index (κ1) is 16.0. The highest BCUT2D eigenvalue weighted by molar-refractivity contribution is 7.09. The number of hydrogen-bond acceptors (Lipinski definition) is 7. The molecule has 0 fully saturated rings. The van der Waals surface area contributed by atoms with Gasteiger partial charge in [-0.05, 0) is 37.3 Å². The van der Waals surface area contributed by atoms with E-state index < -0.39 is 0 Å². The molecule has 0 aliphatic heterocycles. The Hall–Kier alpha value is -2.84. The number of carbonyl (C=O) groups excluding carboxylic acids is 1. The number of rotatable bonds is 5. The smallest absolute Gasteiger partial charge is 0.322 e. The Labute approximate surface area is 142 Å². The quantitative estimate of drug-likeness (QED) is 0.739. The number of nitrogens with one attached hydrogen (secondary N) is 1. The highest BCUT2D eigenvalue weighted by atomic mass is 32.1. The number of amides is 1. The summed E-state index contributed by atoms with van der Waals surface area (Å²) in [6.45, 7) is 2.19. The molecule has 0 atom stereocenters. The molecule has 3 N–H and O–H groups in total. The van der Waals surface area contributed by atoms with E-state index in [2.05, 4.69) is 20.3 Å². The summed E-state index contributed by atoms with van der Waals surface area (Å²) in [6.07, 6.45) is 1.63. The van der Waals surface area contributed by atoms with E-state index in [4.69, 9.17) is 10.5 Å². The predicted molar refractivity (Wildman–Crippen MR) is 91.2 cm³/mol. The minimum Gasteiger partial charge on any atom is -0.424 e. The van der Waals surface area contributed by atoms with E-state index in [9.17, 15) is 4.79 Å². The fourth-order valence-corrected chi connectivity index (χ4v) is 2.55. The van der Waals surface area contributed by atoms with E-state index in [1.54, 1.807) is 41.9 Å². The van der Waals surface area contributed by atoms with Gasteiger partial charge < -0.3 is 15.8 Å². The Morgan fingerprint density at radius 1 is 1.25 bits per heavy atom.